The monoisotopic (exact) mass is 489 g/mol. The van der Waals surface area contributed by atoms with E-state index in [1.165, 1.54) is 0 Å². The molecule has 1 aromatic rings. The summed E-state index contributed by atoms with van der Waals surface area (Å²) in [6, 6.07) is 5.86. The molecule has 0 aliphatic carbocycles. The van der Waals surface area contributed by atoms with Gasteiger partial charge in [0.05, 0.1) is 0 Å². The molecule has 7 nitrogen and oxygen atoms in total. The third-order valence-electron chi connectivity index (χ3n) is 5.60. The van der Waals surface area contributed by atoms with Crippen molar-refractivity contribution in [3.8, 4) is 0 Å². The molecule has 0 bridgehead atoms. The number of ether oxygens (including phenoxy) is 1. The van der Waals surface area contributed by atoms with Gasteiger partial charge in [0.25, 0.3) is 0 Å². The minimum Gasteiger partial charge on any atom is -0.444 e. The van der Waals surface area contributed by atoms with Crippen LogP contribution in [0.25, 0.3) is 0 Å². The van der Waals surface area contributed by atoms with Crippen molar-refractivity contribution in [3.05, 3.63) is 35.4 Å². The molecule has 3 unspecified atom stereocenters. The Bertz CT molecular complexity index is 891. The van der Waals surface area contributed by atoms with Crippen molar-refractivity contribution in [1.29, 1.82) is 0 Å². The van der Waals surface area contributed by atoms with E-state index in [-0.39, 0.29) is 17.7 Å². The Morgan fingerprint density at radius 3 is 1.94 bits per heavy atom. The van der Waals surface area contributed by atoms with Gasteiger partial charge in [-0.1, -0.05) is 44.5 Å². The van der Waals surface area contributed by atoms with Gasteiger partial charge in [-0.2, -0.15) is 0 Å². The number of carbonyl (C=O) groups is 3. The number of benzene rings is 1. The summed E-state index contributed by atoms with van der Waals surface area (Å²) < 4.78 is 5.46. The molecule has 0 aromatic heterocycles. The molecule has 198 valence electrons. The maximum Gasteiger partial charge on any atom is 0.408 e. The van der Waals surface area contributed by atoms with Crippen molar-refractivity contribution in [2.24, 2.45) is 5.92 Å². The van der Waals surface area contributed by atoms with Crippen LogP contribution in [0.2, 0.25) is 0 Å². The van der Waals surface area contributed by atoms with Gasteiger partial charge < -0.3 is 20.3 Å². The SMILES string of the molecule is CCC(C)C(NC(=O)OC(C)(C)C)C(=O)N(C(C(=O)NC(C)(C)C)c1ccccc1C)C(C)(C)C. The summed E-state index contributed by atoms with van der Waals surface area (Å²) in [4.78, 5) is 42.3. The zero-order chi connectivity index (χ0) is 27.4. The van der Waals surface area contributed by atoms with Crippen LogP contribution in [0.1, 0.15) is 99.8 Å². The summed E-state index contributed by atoms with van der Waals surface area (Å²) in [6.45, 7) is 22.6. The lowest BCUT2D eigenvalue weighted by atomic mass is 9.90. The Morgan fingerprint density at radius 2 is 1.51 bits per heavy atom. The van der Waals surface area contributed by atoms with E-state index in [0.29, 0.717) is 6.42 Å². The number of aryl methyl sites for hydroxylation is 1. The standard InChI is InChI=1S/C28H47N3O4/c1-13-18(2)21(29-25(34)35-28(10,11)12)24(33)31(27(7,8)9)22(23(32)30-26(4,5)6)20-17-15-14-16-19(20)3/h14-18,21-22H,13H2,1-12H3,(H,29,34)(H,30,32). The number of hydrogen-bond donors (Lipinski definition) is 2. The number of amides is 3. The molecule has 0 saturated carbocycles. The fourth-order valence-corrected chi connectivity index (χ4v) is 3.84. The van der Waals surface area contributed by atoms with Gasteiger partial charge in [-0.25, -0.2) is 4.79 Å². The van der Waals surface area contributed by atoms with Crippen LogP contribution in [0, 0.1) is 12.8 Å². The first-order chi connectivity index (χ1) is 15.8. The van der Waals surface area contributed by atoms with Gasteiger partial charge >= 0.3 is 6.09 Å². The lowest BCUT2D eigenvalue weighted by Crippen LogP contribution is -2.61. The predicted octanol–water partition coefficient (Wildman–Crippen LogP) is 5.52. The summed E-state index contributed by atoms with van der Waals surface area (Å²) in [5, 5.41) is 5.86. The molecule has 2 N–H and O–H groups in total. The van der Waals surface area contributed by atoms with Crippen molar-refractivity contribution in [3.63, 3.8) is 0 Å². The van der Waals surface area contributed by atoms with Gasteiger partial charge in [-0.15, -0.1) is 0 Å². The number of carbonyl (C=O) groups excluding carboxylic acids is 3. The summed E-state index contributed by atoms with van der Waals surface area (Å²) in [5.74, 6) is -0.770. The van der Waals surface area contributed by atoms with Crippen LogP contribution in [0.3, 0.4) is 0 Å². The molecule has 0 aliphatic rings. The van der Waals surface area contributed by atoms with E-state index < -0.39 is 34.9 Å². The first kappa shape index (κ1) is 30.5. The highest BCUT2D eigenvalue weighted by Crippen LogP contribution is 2.33. The van der Waals surface area contributed by atoms with E-state index in [1.54, 1.807) is 25.7 Å². The third kappa shape index (κ3) is 9.19. The molecule has 0 aliphatic heterocycles. The molecule has 0 radical (unpaired) electrons. The number of nitrogens with one attached hydrogen (secondary N) is 2. The van der Waals surface area contributed by atoms with E-state index in [9.17, 15) is 14.4 Å². The van der Waals surface area contributed by atoms with Crippen molar-refractivity contribution >= 4 is 17.9 Å². The largest absolute Gasteiger partial charge is 0.444 e. The van der Waals surface area contributed by atoms with Gasteiger partial charge in [0, 0.05) is 11.1 Å². The Kier molecular flexibility index (Phi) is 9.96. The number of alkyl carbamates (subject to hydrolysis) is 1. The zero-order valence-electron chi connectivity index (χ0n) is 23.8. The first-order valence-corrected chi connectivity index (χ1v) is 12.5. The van der Waals surface area contributed by atoms with Crippen LogP contribution < -0.4 is 10.6 Å². The molecule has 0 fully saturated rings. The fourth-order valence-electron chi connectivity index (χ4n) is 3.84. The van der Waals surface area contributed by atoms with Crippen LogP contribution in [0.15, 0.2) is 24.3 Å². The molecule has 35 heavy (non-hydrogen) atoms. The number of rotatable bonds is 7. The van der Waals surface area contributed by atoms with Crippen molar-refractivity contribution in [2.45, 2.75) is 118 Å². The normalized spacial score (nSPS) is 15.0. The molecule has 7 heteroatoms. The van der Waals surface area contributed by atoms with E-state index in [0.717, 1.165) is 11.1 Å². The summed E-state index contributed by atoms with van der Waals surface area (Å²) in [7, 11) is 0. The third-order valence-corrected chi connectivity index (χ3v) is 5.60. The van der Waals surface area contributed by atoms with Crippen LogP contribution in [0.4, 0.5) is 4.79 Å². The first-order valence-electron chi connectivity index (χ1n) is 12.5. The summed E-state index contributed by atoms with van der Waals surface area (Å²) in [5.41, 5.74) is -0.259. The van der Waals surface area contributed by atoms with Gasteiger partial charge in [0.15, 0.2) is 0 Å². The second kappa shape index (κ2) is 11.4. The summed E-state index contributed by atoms with van der Waals surface area (Å²) in [6.07, 6.45) is 0.00419. The fraction of sp³-hybridized carbons (Fsp3) is 0.679. The van der Waals surface area contributed by atoms with Crippen molar-refractivity contribution in [2.75, 3.05) is 0 Å². The molecule has 0 saturated heterocycles. The second-order valence-corrected chi connectivity index (χ2v) is 12.4. The van der Waals surface area contributed by atoms with E-state index in [1.807, 2.05) is 86.6 Å². The molecular formula is C28H47N3O4. The Balaban J connectivity index is 3.65. The zero-order valence-corrected chi connectivity index (χ0v) is 23.8. The highest BCUT2D eigenvalue weighted by molar-refractivity contribution is 5.93. The Morgan fingerprint density at radius 1 is 0.971 bits per heavy atom. The molecule has 3 amide bonds. The quantitative estimate of drug-likeness (QED) is 0.528. The topological polar surface area (TPSA) is 87.7 Å². The highest BCUT2D eigenvalue weighted by atomic mass is 16.6. The average molecular weight is 490 g/mol. The lowest BCUT2D eigenvalue weighted by Gasteiger charge is -2.44. The van der Waals surface area contributed by atoms with Gasteiger partial charge in [0.2, 0.25) is 11.8 Å². The van der Waals surface area contributed by atoms with E-state index >= 15 is 0 Å². The van der Waals surface area contributed by atoms with Gasteiger partial charge in [-0.05, 0) is 86.3 Å². The van der Waals surface area contributed by atoms with Crippen LogP contribution >= 0.6 is 0 Å². The number of hydrogen-bond acceptors (Lipinski definition) is 4. The van der Waals surface area contributed by atoms with E-state index in [4.69, 9.17) is 4.74 Å². The average Bonchev–Trinajstić information content (AvgIpc) is 2.66. The Labute approximate surface area is 212 Å². The second-order valence-electron chi connectivity index (χ2n) is 12.4. The molecular weight excluding hydrogens is 442 g/mol. The van der Waals surface area contributed by atoms with Crippen LogP contribution in [0.5, 0.6) is 0 Å². The molecule has 0 spiro atoms. The molecule has 0 heterocycles. The molecule has 1 rings (SSSR count). The molecule has 1 aromatic carbocycles. The van der Waals surface area contributed by atoms with Crippen molar-refractivity contribution < 1.29 is 19.1 Å². The van der Waals surface area contributed by atoms with Crippen LogP contribution in [-0.4, -0.2) is 45.5 Å². The van der Waals surface area contributed by atoms with E-state index in [2.05, 4.69) is 10.6 Å². The van der Waals surface area contributed by atoms with Crippen LogP contribution in [-0.2, 0) is 14.3 Å². The minimum absolute atomic E-state index is 0.178. The van der Waals surface area contributed by atoms with Crippen molar-refractivity contribution in [1.82, 2.24) is 15.5 Å². The number of nitrogens with zero attached hydrogens (tertiary/aromatic N) is 1. The summed E-state index contributed by atoms with van der Waals surface area (Å²) >= 11 is 0. The highest BCUT2D eigenvalue weighted by Gasteiger charge is 2.44. The maximum atomic E-state index is 14.3. The lowest BCUT2D eigenvalue weighted by molar-refractivity contribution is -0.150. The molecule has 3 atom stereocenters. The van der Waals surface area contributed by atoms with Gasteiger partial charge in [-0.3, -0.25) is 9.59 Å². The predicted molar refractivity (Wildman–Crippen MR) is 141 cm³/mol. The maximum absolute atomic E-state index is 14.3. The minimum atomic E-state index is -0.880. The van der Waals surface area contributed by atoms with Gasteiger partial charge in [0.1, 0.15) is 17.7 Å². The smallest absolute Gasteiger partial charge is 0.408 e. The Hall–Kier alpha value is -2.57.